The maximum atomic E-state index is 13.3. The smallest absolute Gasteiger partial charge is 0.335 e. The number of carbonyl (C=O) groups is 3. The first kappa shape index (κ1) is 24.3. The lowest BCUT2D eigenvalue weighted by atomic mass is 10.1. The van der Waals surface area contributed by atoms with E-state index < -0.39 is 17.8 Å². The second-order valence-corrected chi connectivity index (χ2v) is 9.07. The number of benzene rings is 3. The van der Waals surface area contributed by atoms with Crippen LogP contribution in [-0.2, 0) is 16.2 Å². The fourth-order valence-corrected chi connectivity index (χ4v) is 4.09. The van der Waals surface area contributed by atoms with Gasteiger partial charge in [0.2, 0.25) is 0 Å². The minimum atomic E-state index is -1.15. The number of ether oxygens (including phenoxy) is 1. The van der Waals surface area contributed by atoms with Crippen LogP contribution in [-0.4, -0.2) is 28.0 Å². The molecule has 0 saturated carbocycles. The first-order valence-electron chi connectivity index (χ1n) is 10.5. The van der Waals surface area contributed by atoms with Gasteiger partial charge in [0.15, 0.2) is 5.11 Å². The lowest BCUT2D eigenvalue weighted by molar-refractivity contribution is -0.122. The van der Waals surface area contributed by atoms with Gasteiger partial charge in [0.05, 0.1) is 11.3 Å². The van der Waals surface area contributed by atoms with Crippen molar-refractivity contribution < 1.29 is 24.2 Å². The van der Waals surface area contributed by atoms with Crippen molar-refractivity contribution in [2.24, 2.45) is 0 Å². The molecule has 3 aromatic carbocycles. The molecule has 3 aromatic rings. The zero-order chi connectivity index (χ0) is 25.1. The van der Waals surface area contributed by atoms with Crippen molar-refractivity contribution in [1.29, 1.82) is 0 Å². The molecular weight excluding hydrogens is 532 g/mol. The van der Waals surface area contributed by atoms with Gasteiger partial charge >= 0.3 is 5.97 Å². The van der Waals surface area contributed by atoms with E-state index in [1.807, 2.05) is 31.2 Å². The van der Waals surface area contributed by atoms with Crippen molar-refractivity contribution in [2.75, 3.05) is 4.90 Å². The number of rotatable bonds is 6. The molecule has 1 fully saturated rings. The van der Waals surface area contributed by atoms with E-state index in [4.69, 9.17) is 17.0 Å². The highest BCUT2D eigenvalue weighted by molar-refractivity contribution is 9.10. The van der Waals surface area contributed by atoms with Crippen molar-refractivity contribution in [3.8, 4) is 5.75 Å². The molecule has 176 valence electrons. The van der Waals surface area contributed by atoms with E-state index in [0.717, 1.165) is 20.5 Å². The van der Waals surface area contributed by atoms with Gasteiger partial charge in [-0.15, -0.1) is 0 Å². The molecule has 7 nitrogen and oxygen atoms in total. The van der Waals surface area contributed by atoms with E-state index in [1.54, 1.807) is 24.3 Å². The number of aromatic carboxylic acids is 1. The molecule has 1 saturated heterocycles. The number of nitrogens with one attached hydrogen (secondary N) is 1. The topological polar surface area (TPSA) is 95.9 Å². The molecule has 0 bridgehead atoms. The Balaban J connectivity index is 1.68. The third-order valence-electron chi connectivity index (χ3n) is 5.24. The number of carbonyl (C=O) groups excluding carboxylic acids is 2. The third kappa shape index (κ3) is 5.47. The van der Waals surface area contributed by atoms with Gasteiger partial charge in [-0.1, -0.05) is 51.8 Å². The number of aryl methyl sites for hydroxylation is 1. The molecule has 4 rings (SSSR count). The third-order valence-corrected chi connectivity index (χ3v) is 6.02. The second kappa shape index (κ2) is 10.2. The Morgan fingerprint density at radius 1 is 1.11 bits per heavy atom. The van der Waals surface area contributed by atoms with E-state index in [1.165, 1.54) is 24.3 Å². The van der Waals surface area contributed by atoms with Gasteiger partial charge < -0.3 is 9.84 Å². The molecule has 2 N–H and O–H groups in total. The molecule has 1 aliphatic heterocycles. The van der Waals surface area contributed by atoms with E-state index in [-0.39, 0.29) is 21.9 Å². The van der Waals surface area contributed by atoms with Gasteiger partial charge in [-0.3, -0.25) is 19.8 Å². The summed E-state index contributed by atoms with van der Waals surface area (Å²) in [6.07, 6.45) is 1.43. The molecule has 9 heteroatoms. The van der Waals surface area contributed by atoms with Crippen molar-refractivity contribution >= 4 is 62.8 Å². The van der Waals surface area contributed by atoms with Crippen LogP contribution in [0.15, 0.2) is 76.8 Å². The summed E-state index contributed by atoms with van der Waals surface area (Å²) in [5.41, 5.74) is 2.67. The normalized spacial score (nSPS) is 14.7. The number of carboxylic acids is 1. The van der Waals surface area contributed by atoms with Crippen molar-refractivity contribution in [1.82, 2.24) is 5.32 Å². The number of nitrogens with zero attached hydrogens (tertiary/aromatic N) is 1. The van der Waals surface area contributed by atoms with Crippen LogP contribution in [0, 0.1) is 6.92 Å². The predicted octanol–water partition coefficient (Wildman–Crippen LogP) is 4.87. The molecule has 0 atom stereocenters. The summed E-state index contributed by atoms with van der Waals surface area (Å²) >= 11 is 8.63. The maximum absolute atomic E-state index is 13.3. The average Bonchev–Trinajstić information content (AvgIpc) is 2.82. The molecule has 0 aromatic heterocycles. The van der Waals surface area contributed by atoms with Crippen molar-refractivity contribution in [2.45, 2.75) is 13.5 Å². The summed E-state index contributed by atoms with van der Waals surface area (Å²) in [6, 6.07) is 19.0. The highest BCUT2D eigenvalue weighted by Gasteiger charge is 2.35. The first-order chi connectivity index (χ1) is 16.7. The fraction of sp³-hybridized carbons (Fsp3) is 0.0769. The molecule has 0 aliphatic carbocycles. The Kier molecular flexibility index (Phi) is 7.09. The molecule has 0 radical (unpaired) electrons. The summed E-state index contributed by atoms with van der Waals surface area (Å²) in [5, 5.41) is 11.7. The highest BCUT2D eigenvalue weighted by atomic mass is 79.9. The molecule has 1 heterocycles. The largest absolute Gasteiger partial charge is 0.488 e. The number of hydrogen-bond acceptors (Lipinski definition) is 5. The number of carboxylic acid groups (broad SMARTS) is 1. The number of hydrogen-bond donors (Lipinski definition) is 2. The molecule has 1 aliphatic rings. The minimum absolute atomic E-state index is 0.0145. The lowest BCUT2D eigenvalue weighted by Crippen LogP contribution is -2.54. The summed E-state index contributed by atoms with van der Waals surface area (Å²) in [4.78, 5) is 38.5. The van der Waals surface area contributed by atoms with Crippen LogP contribution >= 0.6 is 28.1 Å². The van der Waals surface area contributed by atoms with Gasteiger partial charge in [-0.2, -0.15) is 0 Å². The van der Waals surface area contributed by atoms with E-state index >= 15 is 0 Å². The van der Waals surface area contributed by atoms with Crippen LogP contribution < -0.4 is 15.0 Å². The Labute approximate surface area is 215 Å². The fourth-order valence-electron chi connectivity index (χ4n) is 3.43. The molecule has 35 heavy (non-hydrogen) atoms. The van der Waals surface area contributed by atoms with Crippen LogP contribution in [0.4, 0.5) is 5.69 Å². The van der Waals surface area contributed by atoms with Gasteiger partial charge in [0.25, 0.3) is 11.8 Å². The van der Waals surface area contributed by atoms with E-state index in [2.05, 4.69) is 21.2 Å². The zero-order valence-electron chi connectivity index (χ0n) is 18.4. The number of halogens is 1. The lowest BCUT2D eigenvalue weighted by Gasteiger charge is -2.29. The Bertz CT molecular complexity index is 1380. The van der Waals surface area contributed by atoms with Crippen LogP contribution in [0.25, 0.3) is 6.08 Å². The van der Waals surface area contributed by atoms with Gasteiger partial charge in [0, 0.05) is 10.0 Å². The Morgan fingerprint density at radius 2 is 1.86 bits per heavy atom. The van der Waals surface area contributed by atoms with Gasteiger partial charge in [-0.05, 0) is 67.2 Å². The summed E-state index contributed by atoms with van der Waals surface area (Å²) in [7, 11) is 0. The average molecular weight is 551 g/mol. The van der Waals surface area contributed by atoms with Crippen LogP contribution in [0.1, 0.15) is 27.0 Å². The molecule has 2 amide bonds. The Hall–Kier alpha value is -3.82. The monoisotopic (exact) mass is 550 g/mol. The van der Waals surface area contributed by atoms with Gasteiger partial charge in [-0.25, -0.2) is 4.79 Å². The summed E-state index contributed by atoms with van der Waals surface area (Å²) in [5.74, 6) is -2.00. The van der Waals surface area contributed by atoms with Crippen LogP contribution in [0.5, 0.6) is 5.75 Å². The molecule has 0 unspecified atom stereocenters. The maximum Gasteiger partial charge on any atom is 0.335 e. The summed E-state index contributed by atoms with van der Waals surface area (Å²) < 4.78 is 6.73. The van der Waals surface area contributed by atoms with Crippen LogP contribution in [0.2, 0.25) is 0 Å². The van der Waals surface area contributed by atoms with Crippen LogP contribution in [0.3, 0.4) is 0 Å². The predicted molar refractivity (Wildman–Crippen MR) is 139 cm³/mol. The van der Waals surface area contributed by atoms with E-state index in [0.29, 0.717) is 17.9 Å². The minimum Gasteiger partial charge on any atom is -0.488 e. The first-order valence-corrected chi connectivity index (χ1v) is 11.7. The highest BCUT2D eigenvalue weighted by Crippen LogP contribution is 2.29. The SMILES string of the molecule is Cc1ccc(COc2ccc(Br)cc2C=C2C(=O)NC(=S)N(c3cccc(C(=O)O)c3)C2=O)cc1. The van der Waals surface area contributed by atoms with Crippen molar-refractivity contribution in [3.05, 3.63) is 99.0 Å². The number of thiocarbonyl (C=S) groups is 1. The Morgan fingerprint density at radius 3 is 2.57 bits per heavy atom. The van der Waals surface area contributed by atoms with Crippen molar-refractivity contribution in [3.63, 3.8) is 0 Å². The molecule has 0 spiro atoms. The quantitative estimate of drug-likeness (QED) is 0.258. The zero-order valence-corrected chi connectivity index (χ0v) is 20.9. The second-order valence-electron chi connectivity index (χ2n) is 7.77. The van der Waals surface area contributed by atoms with E-state index in [9.17, 15) is 19.5 Å². The summed E-state index contributed by atoms with van der Waals surface area (Å²) in [6.45, 7) is 2.30. The molecular formula is C26H19BrN2O5S. The van der Waals surface area contributed by atoms with Gasteiger partial charge in [0.1, 0.15) is 17.9 Å². The number of anilines is 1. The number of amides is 2. The standard InChI is InChI=1S/C26H19BrN2O5S/c1-15-5-7-16(8-6-15)14-34-22-10-9-19(27)11-18(22)13-21-23(30)28-26(35)29(24(21)31)20-4-2-3-17(12-20)25(32)33/h2-13H,14H2,1H3,(H,32,33)(H,28,30,35).